The summed E-state index contributed by atoms with van der Waals surface area (Å²) in [5.41, 5.74) is 1.27. The van der Waals surface area contributed by atoms with Gasteiger partial charge >= 0.3 is 0 Å². The van der Waals surface area contributed by atoms with Gasteiger partial charge in [0.05, 0.1) is 11.6 Å². The Bertz CT molecular complexity index is 576. The monoisotopic (exact) mass is 302 g/mol. The summed E-state index contributed by atoms with van der Waals surface area (Å²) in [5, 5.41) is 4.63. The molecule has 1 aliphatic heterocycles. The summed E-state index contributed by atoms with van der Waals surface area (Å²) in [5.74, 6) is 1.65. The molecule has 1 fully saturated rings. The number of piperidine rings is 1. The summed E-state index contributed by atoms with van der Waals surface area (Å²) in [7, 11) is 0. The van der Waals surface area contributed by atoms with E-state index < -0.39 is 0 Å². The van der Waals surface area contributed by atoms with Crippen LogP contribution in [0.15, 0.2) is 30.5 Å². The molecule has 0 bridgehead atoms. The van der Waals surface area contributed by atoms with Crippen molar-refractivity contribution in [3.8, 4) is 5.75 Å². The molecule has 21 heavy (non-hydrogen) atoms. The molecule has 0 saturated carbocycles. The van der Waals surface area contributed by atoms with Crippen LogP contribution < -0.4 is 10.1 Å². The van der Waals surface area contributed by atoms with E-state index in [9.17, 15) is 0 Å². The highest BCUT2D eigenvalue weighted by Gasteiger charge is 2.17. The van der Waals surface area contributed by atoms with Gasteiger partial charge < -0.3 is 10.1 Å². The second kappa shape index (κ2) is 7.05. The fourth-order valence-corrected chi connectivity index (χ4v) is 3.91. The summed E-state index contributed by atoms with van der Waals surface area (Å²) in [6.45, 7) is 4.99. The van der Waals surface area contributed by atoms with Crippen LogP contribution in [0.2, 0.25) is 0 Å². The number of aromatic nitrogens is 1. The predicted octanol–water partition coefficient (Wildman–Crippen LogP) is 3.60. The first-order chi connectivity index (χ1) is 10.3. The zero-order chi connectivity index (χ0) is 14.5. The second-order valence-electron chi connectivity index (χ2n) is 5.44. The molecule has 112 valence electrons. The fraction of sp³-hybridized carbons (Fsp3) is 0.471. The zero-order valence-corrected chi connectivity index (χ0v) is 13.3. The average molecular weight is 302 g/mol. The molecule has 4 heteroatoms. The maximum atomic E-state index is 5.56. The van der Waals surface area contributed by atoms with Crippen molar-refractivity contribution < 1.29 is 4.74 Å². The Hall–Kier alpha value is -1.39. The Morgan fingerprint density at radius 1 is 1.33 bits per heavy atom. The van der Waals surface area contributed by atoms with Crippen LogP contribution in [0.3, 0.4) is 0 Å². The van der Waals surface area contributed by atoms with Crippen molar-refractivity contribution >= 4 is 11.3 Å². The van der Waals surface area contributed by atoms with Gasteiger partial charge in [0.2, 0.25) is 0 Å². The molecule has 0 atom stereocenters. The number of nitrogens with one attached hydrogen (secondary N) is 1. The maximum absolute atomic E-state index is 5.56. The van der Waals surface area contributed by atoms with Gasteiger partial charge in [-0.2, -0.15) is 0 Å². The van der Waals surface area contributed by atoms with E-state index in [1.165, 1.54) is 28.3 Å². The quantitative estimate of drug-likeness (QED) is 0.916. The minimum atomic E-state index is 0.701. The lowest BCUT2D eigenvalue weighted by molar-refractivity contribution is 0.340. The minimum Gasteiger partial charge on any atom is -0.494 e. The molecule has 1 saturated heterocycles. The van der Waals surface area contributed by atoms with Crippen molar-refractivity contribution in [1.82, 2.24) is 10.3 Å². The maximum Gasteiger partial charge on any atom is 0.119 e. The topological polar surface area (TPSA) is 34.1 Å². The molecule has 1 aromatic heterocycles. The van der Waals surface area contributed by atoms with E-state index in [1.54, 1.807) is 0 Å². The van der Waals surface area contributed by atoms with Crippen LogP contribution in [0.5, 0.6) is 5.75 Å². The Balaban J connectivity index is 1.67. The Labute approximate surface area is 130 Å². The number of nitrogens with zero attached hydrogens (tertiary/aromatic N) is 1. The van der Waals surface area contributed by atoms with Gasteiger partial charge in [-0.15, -0.1) is 11.3 Å². The lowest BCUT2D eigenvalue weighted by Gasteiger charge is -2.20. The van der Waals surface area contributed by atoms with Crippen LogP contribution in [-0.4, -0.2) is 24.7 Å². The Morgan fingerprint density at radius 2 is 2.19 bits per heavy atom. The van der Waals surface area contributed by atoms with Gasteiger partial charge in [-0.05, 0) is 56.5 Å². The van der Waals surface area contributed by atoms with Gasteiger partial charge in [-0.3, -0.25) is 0 Å². The van der Waals surface area contributed by atoms with Crippen LogP contribution in [0.1, 0.15) is 41.1 Å². The molecular weight excluding hydrogens is 280 g/mol. The number of ether oxygens (including phenoxy) is 1. The number of hydrogen-bond acceptors (Lipinski definition) is 4. The van der Waals surface area contributed by atoms with E-state index in [0.29, 0.717) is 12.5 Å². The summed E-state index contributed by atoms with van der Waals surface area (Å²) in [4.78, 5) is 6.07. The van der Waals surface area contributed by atoms with Gasteiger partial charge in [0.25, 0.3) is 0 Å². The molecule has 1 aromatic carbocycles. The van der Waals surface area contributed by atoms with Gasteiger partial charge in [-0.1, -0.05) is 12.1 Å². The standard InChI is InChI=1S/C17H22N2OS/c1-2-20-15-5-3-4-13(10-15)11-17-19-12-16(21-17)14-6-8-18-9-7-14/h3-5,10,12,14,18H,2,6-9,11H2,1H3. The molecule has 1 N–H and O–H groups in total. The zero-order valence-electron chi connectivity index (χ0n) is 12.5. The molecule has 3 rings (SSSR count). The highest BCUT2D eigenvalue weighted by Crippen LogP contribution is 2.30. The highest BCUT2D eigenvalue weighted by atomic mass is 32.1. The second-order valence-corrected chi connectivity index (χ2v) is 6.58. The van der Waals surface area contributed by atoms with E-state index in [4.69, 9.17) is 4.74 Å². The first-order valence-corrected chi connectivity index (χ1v) is 8.54. The highest BCUT2D eigenvalue weighted by molar-refractivity contribution is 7.11. The summed E-state index contributed by atoms with van der Waals surface area (Å²) < 4.78 is 5.56. The smallest absolute Gasteiger partial charge is 0.119 e. The van der Waals surface area contributed by atoms with Crippen LogP contribution in [-0.2, 0) is 6.42 Å². The molecule has 3 nitrogen and oxygen atoms in total. The lowest BCUT2D eigenvalue weighted by Crippen LogP contribution is -2.26. The average Bonchev–Trinajstić information content (AvgIpc) is 2.97. The normalized spacial score (nSPS) is 16.0. The summed E-state index contributed by atoms with van der Waals surface area (Å²) >= 11 is 1.87. The van der Waals surface area contributed by atoms with Crippen molar-refractivity contribution in [2.24, 2.45) is 0 Å². The Kier molecular flexibility index (Phi) is 4.88. The van der Waals surface area contributed by atoms with Crippen LogP contribution in [0.4, 0.5) is 0 Å². The predicted molar refractivity (Wildman–Crippen MR) is 87.4 cm³/mol. The van der Waals surface area contributed by atoms with Crippen LogP contribution in [0, 0.1) is 0 Å². The van der Waals surface area contributed by atoms with Gasteiger partial charge in [0.15, 0.2) is 0 Å². The van der Waals surface area contributed by atoms with Crippen molar-refractivity contribution in [2.75, 3.05) is 19.7 Å². The third kappa shape index (κ3) is 3.83. The first-order valence-electron chi connectivity index (χ1n) is 7.72. The van der Waals surface area contributed by atoms with Gasteiger partial charge in [0, 0.05) is 17.5 Å². The molecular formula is C17H22N2OS. The third-order valence-electron chi connectivity index (χ3n) is 3.88. The van der Waals surface area contributed by atoms with E-state index >= 15 is 0 Å². The molecule has 0 aliphatic carbocycles. The van der Waals surface area contributed by atoms with E-state index in [2.05, 4.69) is 34.7 Å². The minimum absolute atomic E-state index is 0.701. The lowest BCUT2D eigenvalue weighted by atomic mass is 9.97. The molecule has 2 heterocycles. The third-order valence-corrected chi connectivity index (χ3v) is 5.04. The van der Waals surface area contributed by atoms with Crippen molar-refractivity contribution in [3.63, 3.8) is 0 Å². The molecule has 0 amide bonds. The van der Waals surface area contributed by atoms with Crippen LogP contribution in [0.25, 0.3) is 0 Å². The van der Waals surface area contributed by atoms with Crippen molar-refractivity contribution in [2.45, 2.75) is 32.1 Å². The summed E-state index contributed by atoms with van der Waals surface area (Å²) in [6, 6.07) is 8.33. The number of rotatable bonds is 5. The van der Waals surface area contributed by atoms with Crippen molar-refractivity contribution in [1.29, 1.82) is 0 Å². The van der Waals surface area contributed by atoms with Crippen LogP contribution >= 0.6 is 11.3 Å². The van der Waals surface area contributed by atoms with E-state index in [-0.39, 0.29) is 0 Å². The van der Waals surface area contributed by atoms with Gasteiger partial charge in [-0.25, -0.2) is 4.98 Å². The molecule has 1 aliphatic rings. The van der Waals surface area contributed by atoms with E-state index in [1.807, 2.05) is 24.3 Å². The first kappa shape index (κ1) is 14.5. The molecule has 0 radical (unpaired) electrons. The molecule has 0 spiro atoms. The van der Waals surface area contributed by atoms with E-state index in [0.717, 1.165) is 25.3 Å². The molecule has 0 unspecified atom stereocenters. The number of hydrogen-bond donors (Lipinski definition) is 1. The summed E-state index contributed by atoms with van der Waals surface area (Å²) in [6.07, 6.45) is 5.46. The SMILES string of the molecule is CCOc1cccc(Cc2ncc(C3CCNCC3)s2)c1. The largest absolute Gasteiger partial charge is 0.494 e. The number of benzene rings is 1. The fourth-order valence-electron chi connectivity index (χ4n) is 2.79. The number of thiazole rings is 1. The van der Waals surface area contributed by atoms with Crippen molar-refractivity contribution in [3.05, 3.63) is 45.9 Å². The van der Waals surface area contributed by atoms with Gasteiger partial charge in [0.1, 0.15) is 5.75 Å². The molecule has 2 aromatic rings. The Morgan fingerprint density at radius 3 is 3.00 bits per heavy atom.